The van der Waals surface area contributed by atoms with Crippen molar-refractivity contribution in [1.29, 1.82) is 0 Å². The van der Waals surface area contributed by atoms with E-state index in [1.54, 1.807) is 0 Å². The number of ether oxygens (including phenoxy) is 1. The quantitative estimate of drug-likeness (QED) is 0.345. The Kier molecular flexibility index (Phi) is 9.69. The van der Waals surface area contributed by atoms with Crippen molar-refractivity contribution >= 4 is 5.96 Å². The lowest BCUT2D eigenvalue weighted by molar-refractivity contribution is 0.152. The first kappa shape index (κ1) is 17.2. The van der Waals surface area contributed by atoms with Gasteiger partial charge >= 0.3 is 0 Å². The molecule has 0 aliphatic carbocycles. The predicted molar refractivity (Wildman–Crippen MR) is 78.2 cm³/mol. The molecule has 0 unspecified atom stereocenters. The first-order chi connectivity index (χ1) is 8.49. The Morgan fingerprint density at radius 2 is 1.83 bits per heavy atom. The van der Waals surface area contributed by atoms with Crippen LogP contribution in [0.25, 0.3) is 0 Å². The standard InChI is InChI=1S/C13H30N4O/c1-6-14-12(16-10-11-18-7-2)15-8-9-17-13(3,4)5/h17H,6-11H2,1-5H3,(H2,14,15,16). The summed E-state index contributed by atoms with van der Waals surface area (Å²) >= 11 is 0. The van der Waals surface area contributed by atoms with Crippen LogP contribution in [0.4, 0.5) is 0 Å². The minimum atomic E-state index is 0.149. The molecular weight excluding hydrogens is 228 g/mol. The maximum absolute atomic E-state index is 5.27. The molecule has 0 aliphatic heterocycles. The van der Waals surface area contributed by atoms with Crippen LogP contribution in [0.3, 0.4) is 0 Å². The normalized spacial score (nSPS) is 12.6. The highest BCUT2D eigenvalue weighted by Gasteiger charge is 2.06. The molecular formula is C13H30N4O. The van der Waals surface area contributed by atoms with Crippen molar-refractivity contribution in [3.8, 4) is 0 Å². The largest absolute Gasteiger partial charge is 0.380 e. The van der Waals surface area contributed by atoms with Gasteiger partial charge in [-0.25, -0.2) is 0 Å². The van der Waals surface area contributed by atoms with Crippen LogP contribution in [0, 0.1) is 0 Å². The first-order valence-electron chi connectivity index (χ1n) is 6.84. The molecule has 0 aromatic heterocycles. The topological polar surface area (TPSA) is 57.7 Å². The van der Waals surface area contributed by atoms with Crippen molar-refractivity contribution in [2.75, 3.05) is 39.4 Å². The van der Waals surface area contributed by atoms with E-state index in [0.29, 0.717) is 6.61 Å². The van der Waals surface area contributed by atoms with E-state index >= 15 is 0 Å². The van der Waals surface area contributed by atoms with Crippen LogP contribution in [0.5, 0.6) is 0 Å². The van der Waals surface area contributed by atoms with Crippen LogP contribution in [0.15, 0.2) is 4.99 Å². The van der Waals surface area contributed by atoms with Crippen LogP contribution in [0.2, 0.25) is 0 Å². The molecule has 18 heavy (non-hydrogen) atoms. The maximum Gasteiger partial charge on any atom is 0.191 e. The molecule has 0 saturated heterocycles. The lowest BCUT2D eigenvalue weighted by Gasteiger charge is -2.20. The van der Waals surface area contributed by atoms with Gasteiger partial charge in [-0.1, -0.05) is 0 Å². The van der Waals surface area contributed by atoms with Gasteiger partial charge in [-0.15, -0.1) is 0 Å². The van der Waals surface area contributed by atoms with E-state index in [4.69, 9.17) is 4.74 Å². The second-order valence-corrected chi connectivity index (χ2v) is 5.06. The molecule has 0 atom stereocenters. The summed E-state index contributed by atoms with van der Waals surface area (Å²) in [4.78, 5) is 4.49. The van der Waals surface area contributed by atoms with Crippen molar-refractivity contribution in [2.24, 2.45) is 4.99 Å². The molecule has 5 nitrogen and oxygen atoms in total. The zero-order chi connectivity index (χ0) is 13.9. The number of nitrogens with one attached hydrogen (secondary N) is 3. The molecule has 0 saturated carbocycles. The summed E-state index contributed by atoms with van der Waals surface area (Å²) in [6, 6.07) is 0. The summed E-state index contributed by atoms with van der Waals surface area (Å²) in [5.74, 6) is 0.855. The van der Waals surface area contributed by atoms with Gasteiger partial charge in [-0.3, -0.25) is 4.99 Å². The van der Waals surface area contributed by atoms with E-state index in [2.05, 4.69) is 48.6 Å². The van der Waals surface area contributed by atoms with Crippen molar-refractivity contribution in [3.05, 3.63) is 0 Å². The molecule has 0 aliphatic rings. The van der Waals surface area contributed by atoms with Crippen LogP contribution in [-0.4, -0.2) is 50.9 Å². The summed E-state index contributed by atoms with van der Waals surface area (Å²) in [5, 5.41) is 9.86. The first-order valence-corrected chi connectivity index (χ1v) is 6.84. The highest BCUT2D eigenvalue weighted by Crippen LogP contribution is 1.96. The molecule has 0 fully saturated rings. The van der Waals surface area contributed by atoms with Gasteiger partial charge in [-0.05, 0) is 34.6 Å². The fourth-order valence-corrected chi connectivity index (χ4v) is 1.33. The molecule has 3 N–H and O–H groups in total. The second-order valence-electron chi connectivity index (χ2n) is 5.06. The van der Waals surface area contributed by atoms with Gasteiger partial charge in [0.1, 0.15) is 0 Å². The van der Waals surface area contributed by atoms with Crippen LogP contribution >= 0.6 is 0 Å². The van der Waals surface area contributed by atoms with E-state index in [1.807, 2.05) is 6.92 Å². The maximum atomic E-state index is 5.27. The number of guanidine groups is 1. The monoisotopic (exact) mass is 258 g/mol. The molecule has 0 aromatic rings. The summed E-state index contributed by atoms with van der Waals surface area (Å²) in [5.41, 5.74) is 0.149. The van der Waals surface area contributed by atoms with Gasteiger partial charge < -0.3 is 20.7 Å². The molecule has 0 heterocycles. The fraction of sp³-hybridized carbons (Fsp3) is 0.923. The average molecular weight is 258 g/mol. The molecule has 0 bridgehead atoms. The lowest BCUT2D eigenvalue weighted by Crippen LogP contribution is -2.41. The Morgan fingerprint density at radius 1 is 1.11 bits per heavy atom. The molecule has 0 rings (SSSR count). The predicted octanol–water partition coefficient (Wildman–Crippen LogP) is 0.966. The van der Waals surface area contributed by atoms with Crippen molar-refractivity contribution < 1.29 is 4.74 Å². The van der Waals surface area contributed by atoms with Crippen molar-refractivity contribution in [1.82, 2.24) is 16.0 Å². The Labute approximate surface area is 112 Å². The van der Waals surface area contributed by atoms with Gasteiger partial charge in [-0.2, -0.15) is 0 Å². The highest BCUT2D eigenvalue weighted by molar-refractivity contribution is 5.79. The van der Waals surface area contributed by atoms with E-state index in [0.717, 1.165) is 38.7 Å². The second kappa shape index (κ2) is 10.1. The van der Waals surface area contributed by atoms with Gasteiger partial charge in [0.05, 0.1) is 13.2 Å². The van der Waals surface area contributed by atoms with Gasteiger partial charge in [0.15, 0.2) is 5.96 Å². The number of hydrogen-bond donors (Lipinski definition) is 3. The molecule has 0 spiro atoms. The number of hydrogen-bond acceptors (Lipinski definition) is 3. The fourth-order valence-electron chi connectivity index (χ4n) is 1.33. The average Bonchev–Trinajstić information content (AvgIpc) is 2.28. The summed E-state index contributed by atoms with van der Waals surface area (Å²) in [6.07, 6.45) is 0. The van der Waals surface area contributed by atoms with Crippen LogP contribution in [-0.2, 0) is 4.74 Å². The van der Waals surface area contributed by atoms with Gasteiger partial charge in [0.2, 0.25) is 0 Å². The summed E-state index contributed by atoms with van der Waals surface area (Å²) in [7, 11) is 0. The van der Waals surface area contributed by atoms with Crippen LogP contribution in [0.1, 0.15) is 34.6 Å². The van der Waals surface area contributed by atoms with Gasteiger partial charge in [0.25, 0.3) is 0 Å². The van der Waals surface area contributed by atoms with Gasteiger partial charge in [0, 0.05) is 31.8 Å². The number of aliphatic imine (C=N–C) groups is 1. The highest BCUT2D eigenvalue weighted by atomic mass is 16.5. The molecule has 5 heteroatoms. The SMILES string of the molecule is CCNC(=NCCNC(C)(C)C)NCCOCC. The third-order valence-electron chi connectivity index (χ3n) is 2.12. The third-order valence-corrected chi connectivity index (χ3v) is 2.12. The third kappa shape index (κ3) is 11.7. The van der Waals surface area contributed by atoms with E-state index in [1.165, 1.54) is 0 Å². The summed E-state index contributed by atoms with van der Waals surface area (Å²) < 4.78 is 5.27. The van der Waals surface area contributed by atoms with E-state index in [9.17, 15) is 0 Å². The van der Waals surface area contributed by atoms with Crippen molar-refractivity contribution in [2.45, 2.75) is 40.2 Å². The lowest BCUT2D eigenvalue weighted by atomic mass is 10.1. The Hall–Kier alpha value is -0.810. The summed E-state index contributed by atoms with van der Waals surface area (Å²) in [6.45, 7) is 15.3. The zero-order valence-corrected chi connectivity index (χ0v) is 12.6. The Balaban J connectivity index is 3.84. The Bertz CT molecular complexity index is 224. The zero-order valence-electron chi connectivity index (χ0n) is 12.6. The number of nitrogens with zero attached hydrogens (tertiary/aromatic N) is 1. The molecule has 0 radical (unpaired) electrons. The number of rotatable bonds is 8. The van der Waals surface area contributed by atoms with E-state index in [-0.39, 0.29) is 5.54 Å². The molecule has 0 aromatic carbocycles. The van der Waals surface area contributed by atoms with Crippen LogP contribution < -0.4 is 16.0 Å². The minimum absolute atomic E-state index is 0.149. The van der Waals surface area contributed by atoms with E-state index < -0.39 is 0 Å². The van der Waals surface area contributed by atoms with Crippen molar-refractivity contribution in [3.63, 3.8) is 0 Å². The smallest absolute Gasteiger partial charge is 0.191 e. The minimum Gasteiger partial charge on any atom is -0.380 e. The Morgan fingerprint density at radius 3 is 2.39 bits per heavy atom. The molecule has 0 amide bonds. The molecule has 108 valence electrons.